The monoisotopic (exact) mass is 163 g/mol. The first-order chi connectivity index (χ1) is 4.79. The fourth-order valence-corrected chi connectivity index (χ4v) is 1.54. The van der Waals surface area contributed by atoms with Crippen molar-refractivity contribution in [2.45, 2.75) is 32.1 Å². The van der Waals surface area contributed by atoms with E-state index >= 15 is 0 Å². The summed E-state index contributed by atoms with van der Waals surface area (Å²) >= 11 is 0. The fraction of sp³-hybridized carbons (Fsp3) is 0.833. The third-order valence-electron chi connectivity index (χ3n) is 1.61. The molecule has 1 aliphatic carbocycles. The molecule has 59 valence electrons. The van der Waals surface area contributed by atoms with E-state index in [1.807, 2.05) is 0 Å². The van der Waals surface area contributed by atoms with Crippen LogP contribution in [-0.2, 0) is 15.2 Å². The molecular formula is C6H11O3S. The van der Waals surface area contributed by atoms with E-state index < -0.39 is 11.0 Å². The number of hydrogen-bond acceptors (Lipinski definition) is 3. The van der Waals surface area contributed by atoms with Gasteiger partial charge < -0.3 is 0 Å². The second-order valence-corrected chi connectivity index (χ2v) is 3.04. The van der Waals surface area contributed by atoms with Gasteiger partial charge in [-0.2, -0.15) is 0 Å². The van der Waals surface area contributed by atoms with Gasteiger partial charge in [-0.3, -0.25) is 4.18 Å². The molecule has 0 aromatic rings. The van der Waals surface area contributed by atoms with E-state index in [9.17, 15) is 8.42 Å². The molecule has 1 radical (unpaired) electrons. The predicted molar refractivity (Wildman–Crippen MR) is 37.7 cm³/mol. The van der Waals surface area contributed by atoms with Crippen LogP contribution in [0.2, 0.25) is 0 Å². The first kappa shape index (κ1) is 8.01. The zero-order valence-corrected chi connectivity index (χ0v) is 6.60. The summed E-state index contributed by atoms with van der Waals surface area (Å²) in [6.07, 6.45) is 5.72. The predicted octanol–water partition coefficient (Wildman–Crippen LogP) is 1.03. The van der Waals surface area contributed by atoms with Crippen molar-refractivity contribution < 1.29 is 12.6 Å². The second kappa shape index (κ2) is 3.93. The lowest BCUT2D eigenvalue weighted by Gasteiger charge is -2.16. The normalized spacial score (nSPS) is 21.7. The molecule has 0 amide bonds. The molecule has 0 bridgehead atoms. The Morgan fingerprint density at radius 2 is 1.70 bits per heavy atom. The molecule has 1 aliphatic rings. The number of thiol groups is 1. The summed E-state index contributed by atoms with van der Waals surface area (Å²) in [6, 6.07) is 0. The molecule has 0 aliphatic heterocycles. The van der Waals surface area contributed by atoms with Crippen molar-refractivity contribution in [3.63, 3.8) is 0 Å². The topological polar surface area (TPSA) is 43.4 Å². The van der Waals surface area contributed by atoms with Gasteiger partial charge in [0.2, 0.25) is 0 Å². The molecule has 0 spiro atoms. The highest BCUT2D eigenvalue weighted by atomic mass is 32.2. The van der Waals surface area contributed by atoms with Crippen molar-refractivity contribution in [2.75, 3.05) is 0 Å². The van der Waals surface area contributed by atoms with Gasteiger partial charge in [0.05, 0.1) is 0 Å². The molecule has 1 rings (SSSR count). The van der Waals surface area contributed by atoms with Crippen molar-refractivity contribution in [1.82, 2.24) is 0 Å². The average Bonchev–Trinajstić information content (AvgIpc) is 1.88. The Morgan fingerprint density at radius 1 is 1.10 bits per heavy atom. The molecule has 0 saturated heterocycles. The quantitative estimate of drug-likeness (QED) is 0.618. The van der Waals surface area contributed by atoms with Gasteiger partial charge in [0.15, 0.2) is 0 Å². The van der Waals surface area contributed by atoms with Crippen LogP contribution in [-0.4, -0.2) is 8.42 Å². The maximum absolute atomic E-state index is 10.1. The van der Waals surface area contributed by atoms with Crippen LogP contribution >= 0.6 is 0 Å². The van der Waals surface area contributed by atoms with Gasteiger partial charge in [0.25, 0.3) is 11.0 Å². The SMILES string of the molecule is O=[SH](=O)O[C]1CCCCC1. The first-order valence-corrected chi connectivity index (χ1v) is 4.55. The van der Waals surface area contributed by atoms with Crippen molar-refractivity contribution >= 4 is 11.0 Å². The average molecular weight is 163 g/mol. The molecule has 3 nitrogen and oxygen atoms in total. The minimum absolute atomic E-state index is 0.738. The highest BCUT2D eigenvalue weighted by molar-refractivity contribution is 7.67. The minimum atomic E-state index is -2.66. The van der Waals surface area contributed by atoms with E-state index in [-0.39, 0.29) is 0 Å². The minimum Gasteiger partial charge on any atom is -0.262 e. The Bertz CT molecular complexity index is 150. The van der Waals surface area contributed by atoms with E-state index in [0.29, 0.717) is 0 Å². The van der Waals surface area contributed by atoms with Crippen molar-refractivity contribution in [2.24, 2.45) is 0 Å². The highest BCUT2D eigenvalue weighted by Gasteiger charge is 2.15. The molecule has 0 N–H and O–H groups in total. The van der Waals surface area contributed by atoms with Crippen LogP contribution < -0.4 is 0 Å². The molecule has 10 heavy (non-hydrogen) atoms. The molecule has 0 atom stereocenters. The summed E-state index contributed by atoms with van der Waals surface area (Å²) in [7, 11) is -2.66. The number of hydrogen-bond donors (Lipinski definition) is 1. The highest BCUT2D eigenvalue weighted by Crippen LogP contribution is 2.26. The Balaban J connectivity index is 2.26. The van der Waals surface area contributed by atoms with Crippen LogP contribution in [0.25, 0.3) is 0 Å². The zero-order valence-electron chi connectivity index (χ0n) is 5.71. The third kappa shape index (κ3) is 2.66. The maximum Gasteiger partial charge on any atom is 0.257 e. The van der Waals surface area contributed by atoms with Gasteiger partial charge >= 0.3 is 0 Å². The van der Waals surface area contributed by atoms with Gasteiger partial charge in [0, 0.05) is 0 Å². The van der Waals surface area contributed by atoms with Gasteiger partial charge in [-0.25, -0.2) is 8.42 Å². The summed E-state index contributed by atoms with van der Waals surface area (Å²) in [5.41, 5.74) is 0. The van der Waals surface area contributed by atoms with Gasteiger partial charge in [-0.05, 0) is 12.8 Å². The summed E-state index contributed by atoms with van der Waals surface area (Å²) in [6.45, 7) is 0. The summed E-state index contributed by atoms with van der Waals surface area (Å²) in [4.78, 5) is 0. The van der Waals surface area contributed by atoms with Crippen molar-refractivity contribution in [3.8, 4) is 0 Å². The van der Waals surface area contributed by atoms with E-state index in [1.54, 1.807) is 0 Å². The Hall–Kier alpha value is -0.0900. The van der Waals surface area contributed by atoms with Crippen LogP contribution in [0.5, 0.6) is 0 Å². The van der Waals surface area contributed by atoms with Crippen LogP contribution in [0, 0.1) is 6.10 Å². The van der Waals surface area contributed by atoms with E-state index in [1.165, 1.54) is 6.42 Å². The van der Waals surface area contributed by atoms with Gasteiger partial charge in [-0.1, -0.05) is 19.3 Å². The standard InChI is InChI=1S/C6H11O3S/c7-10(8)9-6-4-2-1-3-5-6/h10H,1-5H2. The van der Waals surface area contributed by atoms with Gasteiger partial charge in [0.1, 0.15) is 6.10 Å². The van der Waals surface area contributed by atoms with Crippen LogP contribution in [0.4, 0.5) is 0 Å². The summed E-state index contributed by atoms with van der Waals surface area (Å²) in [5, 5.41) is 0. The third-order valence-corrected chi connectivity index (χ3v) is 2.02. The fourth-order valence-electron chi connectivity index (χ4n) is 1.14. The smallest absolute Gasteiger partial charge is 0.257 e. The Morgan fingerprint density at radius 3 is 2.20 bits per heavy atom. The molecule has 1 saturated carbocycles. The molecular weight excluding hydrogens is 152 g/mol. The molecule has 0 aromatic carbocycles. The second-order valence-electron chi connectivity index (χ2n) is 2.41. The van der Waals surface area contributed by atoms with Crippen molar-refractivity contribution in [3.05, 3.63) is 6.10 Å². The molecule has 4 heteroatoms. The first-order valence-electron chi connectivity index (χ1n) is 3.46. The lowest BCUT2D eigenvalue weighted by Crippen LogP contribution is -2.06. The largest absolute Gasteiger partial charge is 0.262 e. The van der Waals surface area contributed by atoms with Crippen molar-refractivity contribution in [1.29, 1.82) is 0 Å². The summed E-state index contributed by atoms with van der Waals surface area (Å²) in [5.74, 6) is 0. The lowest BCUT2D eigenvalue weighted by molar-refractivity contribution is 0.274. The van der Waals surface area contributed by atoms with Gasteiger partial charge in [-0.15, -0.1) is 0 Å². The number of rotatable bonds is 2. The van der Waals surface area contributed by atoms with E-state index in [2.05, 4.69) is 4.18 Å². The van der Waals surface area contributed by atoms with Crippen LogP contribution in [0.3, 0.4) is 0 Å². The molecule has 0 unspecified atom stereocenters. The molecule has 1 fully saturated rings. The van der Waals surface area contributed by atoms with Crippen LogP contribution in [0.1, 0.15) is 32.1 Å². The summed E-state index contributed by atoms with van der Waals surface area (Å²) < 4.78 is 24.7. The molecule has 0 heterocycles. The van der Waals surface area contributed by atoms with E-state index in [4.69, 9.17) is 0 Å². The Kier molecular flexibility index (Phi) is 3.15. The molecule has 0 aromatic heterocycles. The van der Waals surface area contributed by atoms with E-state index in [0.717, 1.165) is 31.8 Å². The lowest BCUT2D eigenvalue weighted by atomic mass is 9.98. The maximum atomic E-state index is 10.1. The Labute approximate surface area is 62.5 Å². The van der Waals surface area contributed by atoms with Crippen LogP contribution in [0.15, 0.2) is 0 Å². The zero-order chi connectivity index (χ0) is 7.40.